The summed E-state index contributed by atoms with van der Waals surface area (Å²) < 4.78 is 13.6. The van der Waals surface area contributed by atoms with Gasteiger partial charge < -0.3 is 4.98 Å². The molecule has 0 radical (unpaired) electrons. The van der Waals surface area contributed by atoms with E-state index in [-0.39, 0.29) is 20.6 Å². The molecule has 0 unspecified atom stereocenters. The van der Waals surface area contributed by atoms with Crippen molar-refractivity contribution in [2.24, 2.45) is 0 Å². The fraction of sp³-hybridized carbons (Fsp3) is 0. The second-order valence-corrected chi connectivity index (χ2v) is 3.59. The maximum absolute atomic E-state index is 13.4. The van der Waals surface area contributed by atoms with Crippen LogP contribution in [-0.2, 0) is 0 Å². The van der Waals surface area contributed by atoms with Gasteiger partial charge in [0.05, 0.1) is 10.9 Å². The van der Waals surface area contributed by atoms with Crippen LogP contribution < -0.4 is 0 Å². The topological polar surface area (TPSA) is 41.6 Å². The van der Waals surface area contributed by atoms with Gasteiger partial charge in [0, 0.05) is 6.20 Å². The minimum absolute atomic E-state index is 0.0881. The van der Waals surface area contributed by atoms with Crippen LogP contribution in [0.2, 0.25) is 10.3 Å². The van der Waals surface area contributed by atoms with Crippen molar-refractivity contribution in [3.63, 3.8) is 0 Å². The predicted octanol–water partition coefficient (Wildman–Crippen LogP) is 3.13. The number of fused-ring (bicyclic) bond motifs is 1. The van der Waals surface area contributed by atoms with Crippen molar-refractivity contribution in [1.82, 2.24) is 15.0 Å². The van der Waals surface area contributed by atoms with Gasteiger partial charge in [-0.3, -0.25) is 0 Å². The van der Waals surface area contributed by atoms with Crippen molar-refractivity contribution >= 4 is 46.3 Å². The molecule has 0 aliphatic heterocycles. The van der Waals surface area contributed by atoms with E-state index in [9.17, 15) is 4.39 Å². The highest BCUT2D eigenvalue weighted by molar-refractivity contribution is 7.71. The average molecular weight is 250 g/mol. The minimum atomic E-state index is -0.681. The van der Waals surface area contributed by atoms with Gasteiger partial charge in [-0.05, 0) is 12.2 Å². The van der Waals surface area contributed by atoms with Crippen LogP contribution >= 0.6 is 35.4 Å². The zero-order valence-electron chi connectivity index (χ0n) is 6.51. The van der Waals surface area contributed by atoms with Crippen LogP contribution in [0.1, 0.15) is 0 Å². The van der Waals surface area contributed by atoms with E-state index in [0.29, 0.717) is 5.39 Å². The normalized spacial score (nSPS) is 10.8. The molecular weight excluding hydrogens is 248 g/mol. The van der Waals surface area contributed by atoms with Gasteiger partial charge in [-0.25, -0.2) is 14.4 Å². The number of pyridine rings is 1. The third kappa shape index (κ3) is 1.47. The van der Waals surface area contributed by atoms with Gasteiger partial charge in [-0.15, -0.1) is 0 Å². The first-order valence-electron chi connectivity index (χ1n) is 3.49. The molecule has 2 heterocycles. The van der Waals surface area contributed by atoms with E-state index in [0.717, 1.165) is 0 Å². The second-order valence-electron chi connectivity index (χ2n) is 2.48. The summed E-state index contributed by atoms with van der Waals surface area (Å²) in [7, 11) is 0. The number of hydrogen-bond donors (Lipinski definition) is 1. The summed E-state index contributed by atoms with van der Waals surface area (Å²) in [6.07, 6.45) is 1.35. The number of H-pyrrole nitrogens is 1. The van der Waals surface area contributed by atoms with Crippen LogP contribution in [0.5, 0.6) is 0 Å². The molecule has 0 saturated carbocycles. The fourth-order valence-corrected chi connectivity index (χ4v) is 1.63. The van der Waals surface area contributed by atoms with Crippen LogP contribution in [0.15, 0.2) is 6.20 Å². The summed E-state index contributed by atoms with van der Waals surface area (Å²) in [5.41, 5.74) is 0.120. The maximum Gasteiger partial charge on any atom is 0.197 e. The van der Waals surface area contributed by atoms with Gasteiger partial charge in [0.2, 0.25) is 0 Å². The SMILES string of the molecule is Fc1c(Cl)nc(Cl)c2cnc(=S)[nH]c12. The number of nitrogens with one attached hydrogen (secondary N) is 1. The van der Waals surface area contributed by atoms with E-state index >= 15 is 0 Å². The zero-order chi connectivity index (χ0) is 10.3. The van der Waals surface area contributed by atoms with Crippen molar-refractivity contribution in [2.75, 3.05) is 0 Å². The predicted molar refractivity (Wildman–Crippen MR) is 54.7 cm³/mol. The lowest BCUT2D eigenvalue weighted by molar-refractivity contribution is 0.631. The van der Waals surface area contributed by atoms with Crippen molar-refractivity contribution in [1.29, 1.82) is 0 Å². The molecule has 0 amide bonds. The molecular formula is C7H2Cl2FN3S. The Bertz CT molecular complexity index is 569. The number of aromatic amines is 1. The smallest absolute Gasteiger partial charge is 0.197 e. The van der Waals surface area contributed by atoms with E-state index in [4.69, 9.17) is 35.4 Å². The highest BCUT2D eigenvalue weighted by atomic mass is 35.5. The molecule has 0 aliphatic rings. The molecule has 2 aromatic heterocycles. The standard InChI is InChI=1S/C7H2Cl2FN3S/c8-5-2-1-11-7(14)12-4(2)3(10)6(9)13-5/h1H,(H,11,12,14). The third-order valence-electron chi connectivity index (χ3n) is 1.63. The average Bonchev–Trinajstić information content (AvgIpc) is 2.14. The first-order chi connectivity index (χ1) is 6.59. The van der Waals surface area contributed by atoms with Crippen LogP contribution in [-0.4, -0.2) is 15.0 Å². The Hall–Kier alpha value is -0.780. The summed E-state index contributed by atoms with van der Waals surface area (Å²) in [4.78, 5) is 9.92. The Balaban J connectivity index is 3.02. The number of halogens is 3. The van der Waals surface area contributed by atoms with Gasteiger partial charge in [0.1, 0.15) is 5.15 Å². The third-order valence-corrected chi connectivity index (χ3v) is 2.38. The van der Waals surface area contributed by atoms with Crippen molar-refractivity contribution < 1.29 is 4.39 Å². The van der Waals surface area contributed by atoms with Crippen molar-refractivity contribution in [3.05, 3.63) is 27.1 Å². The van der Waals surface area contributed by atoms with Crippen LogP contribution in [0.25, 0.3) is 10.9 Å². The Morgan fingerprint density at radius 2 is 2.07 bits per heavy atom. The molecule has 3 nitrogen and oxygen atoms in total. The lowest BCUT2D eigenvalue weighted by Crippen LogP contribution is -1.92. The van der Waals surface area contributed by atoms with Crippen LogP contribution in [0.3, 0.4) is 0 Å². The molecule has 0 atom stereocenters. The second kappa shape index (κ2) is 3.42. The Morgan fingerprint density at radius 3 is 2.79 bits per heavy atom. The highest BCUT2D eigenvalue weighted by Crippen LogP contribution is 2.25. The summed E-state index contributed by atoms with van der Waals surface area (Å²) in [6.45, 7) is 0. The Morgan fingerprint density at radius 1 is 1.36 bits per heavy atom. The number of nitrogens with zero attached hydrogens (tertiary/aromatic N) is 2. The lowest BCUT2D eigenvalue weighted by Gasteiger charge is -2.01. The van der Waals surface area contributed by atoms with E-state index in [1.807, 2.05) is 0 Å². The zero-order valence-corrected chi connectivity index (χ0v) is 8.84. The van der Waals surface area contributed by atoms with Gasteiger partial charge in [0.25, 0.3) is 0 Å². The monoisotopic (exact) mass is 249 g/mol. The first kappa shape index (κ1) is 9.76. The molecule has 1 N–H and O–H groups in total. The number of rotatable bonds is 0. The number of hydrogen-bond acceptors (Lipinski definition) is 3. The molecule has 0 spiro atoms. The summed E-state index contributed by atoms with van der Waals surface area (Å²) in [5, 5.41) is 0.145. The van der Waals surface area contributed by atoms with Gasteiger partial charge in [-0.1, -0.05) is 23.2 Å². The van der Waals surface area contributed by atoms with Crippen LogP contribution in [0, 0.1) is 10.6 Å². The summed E-state index contributed by atoms with van der Waals surface area (Å²) >= 11 is 16.0. The van der Waals surface area contributed by atoms with E-state index in [2.05, 4.69) is 15.0 Å². The maximum atomic E-state index is 13.4. The Labute approximate surface area is 92.9 Å². The molecule has 2 aromatic rings. The van der Waals surface area contributed by atoms with Gasteiger partial charge in [0.15, 0.2) is 15.7 Å². The van der Waals surface area contributed by atoms with Gasteiger partial charge in [-0.2, -0.15) is 0 Å². The molecule has 2 rings (SSSR count). The van der Waals surface area contributed by atoms with Crippen molar-refractivity contribution in [2.45, 2.75) is 0 Å². The molecule has 0 saturated heterocycles. The van der Waals surface area contributed by atoms with Crippen molar-refractivity contribution in [3.8, 4) is 0 Å². The molecule has 14 heavy (non-hydrogen) atoms. The van der Waals surface area contributed by atoms with Crippen LogP contribution in [0.4, 0.5) is 4.39 Å². The molecule has 0 fully saturated rings. The molecule has 72 valence electrons. The first-order valence-corrected chi connectivity index (χ1v) is 4.65. The Kier molecular flexibility index (Phi) is 2.38. The fourth-order valence-electron chi connectivity index (χ4n) is 1.02. The van der Waals surface area contributed by atoms with E-state index in [1.54, 1.807) is 0 Å². The largest absolute Gasteiger partial charge is 0.328 e. The van der Waals surface area contributed by atoms with Gasteiger partial charge >= 0.3 is 0 Å². The summed E-state index contributed by atoms with van der Waals surface area (Å²) in [5.74, 6) is -0.681. The number of aromatic nitrogens is 3. The lowest BCUT2D eigenvalue weighted by atomic mass is 10.3. The summed E-state index contributed by atoms with van der Waals surface area (Å²) in [6, 6.07) is 0. The quantitative estimate of drug-likeness (QED) is 0.576. The molecule has 7 heteroatoms. The van der Waals surface area contributed by atoms with E-state index < -0.39 is 5.82 Å². The molecule has 0 aromatic carbocycles. The minimum Gasteiger partial charge on any atom is -0.328 e. The highest BCUT2D eigenvalue weighted by Gasteiger charge is 2.11. The molecule has 0 aliphatic carbocycles. The van der Waals surface area contributed by atoms with E-state index in [1.165, 1.54) is 6.20 Å². The molecule has 0 bridgehead atoms.